The summed E-state index contributed by atoms with van der Waals surface area (Å²) < 4.78 is 0. The lowest BCUT2D eigenvalue weighted by molar-refractivity contribution is 0.481. The lowest BCUT2D eigenvalue weighted by atomic mass is 9.72. The van der Waals surface area contributed by atoms with E-state index in [0.29, 0.717) is 5.92 Å². The van der Waals surface area contributed by atoms with Gasteiger partial charge in [0.1, 0.15) is 0 Å². The highest BCUT2D eigenvalue weighted by Gasteiger charge is 2.41. The molecule has 0 spiro atoms. The summed E-state index contributed by atoms with van der Waals surface area (Å²) in [5.41, 5.74) is 10.6. The number of hydrogen-bond acceptors (Lipinski definition) is 1. The minimum atomic E-state index is 0.117. The van der Waals surface area contributed by atoms with Gasteiger partial charge in [0.05, 0.1) is 0 Å². The number of aryl methyl sites for hydroxylation is 1. The van der Waals surface area contributed by atoms with Crippen molar-refractivity contribution in [2.24, 2.45) is 0 Å². The van der Waals surface area contributed by atoms with Crippen LogP contribution < -0.4 is 0 Å². The zero-order valence-electron chi connectivity index (χ0n) is 21.4. The van der Waals surface area contributed by atoms with Crippen molar-refractivity contribution in [3.05, 3.63) is 69.6 Å². The van der Waals surface area contributed by atoms with E-state index < -0.39 is 0 Å². The van der Waals surface area contributed by atoms with Crippen LogP contribution >= 0.6 is 11.3 Å². The molecule has 0 radical (unpaired) electrons. The van der Waals surface area contributed by atoms with Gasteiger partial charge in [-0.1, -0.05) is 78.8 Å². The normalized spacial score (nSPS) is 15.5. The maximum Gasteiger partial charge on any atom is 0.0348 e. The average molecular weight is 445 g/mol. The van der Waals surface area contributed by atoms with Gasteiger partial charge in [-0.05, 0) is 95.0 Å². The van der Waals surface area contributed by atoms with Crippen LogP contribution in [0.5, 0.6) is 0 Å². The molecule has 3 aromatic rings. The van der Waals surface area contributed by atoms with Gasteiger partial charge in [-0.15, -0.1) is 11.3 Å². The van der Waals surface area contributed by atoms with Gasteiger partial charge in [-0.3, -0.25) is 0 Å². The molecule has 0 fully saturated rings. The molecule has 1 aliphatic rings. The number of hydrogen-bond donors (Lipinski definition) is 0. The van der Waals surface area contributed by atoms with Crippen LogP contribution in [0.4, 0.5) is 0 Å². The van der Waals surface area contributed by atoms with E-state index in [1.54, 1.807) is 10.4 Å². The second kappa shape index (κ2) is 8.49. The fourth-order valence-electron chi connectivity index (χ4n) is 5.60. The number of fused-ring (bicyclic) bond motifs is 3. The van der Waals surface area contributed by atoms with Crippen LogP contribution in [0.2, 0.25) is 0 Å². The van der Waals surface area contributed by atoms with Crippen LogP contribution in [-0.4, -0.2) is 0 Å². The highest BCUT2D eigenvalue weighted by atomic mass is 32.1. The molecule has 1 aliphatic carbocycles. The first-order valence-corrected chi connectivity index (χ1v) is 13.4. The van der Waals surface area contributed by atoms with E-state index in [1.165, 1.54) is 44.7 Å². The molecule has 1 heterocycles. The summed E-state index contributed by atoms with van der Waals surface area (Å²) in [6.07, 6.45) is 4.64. The topological polar surface area (TPSA) is 0 Å². The van der Waals surface area contributed by atoms with Gasteiger partial charge in [-0.2, -0.15) is 0 Å². The van der Waals surface area contributed by atoms with E-state index in [1.807, 2.05) is 11.3 Å². The van der Waals surface area contributed by atoms with E-state index in [-0.39, 0.29) is 10.8 Å². The van der Waals surface area contributed by atoms with Crippen LogP contribution in [-0.2, 0) is 10.8 Å². The Morgan fingerprint density at radius 2 is 1.50 bits per heavy atom. The molecule has 1 atom stereocenters. The Hall–Kier alpha value is -1.86. The van der Waals surface area contributed by atoms with Gasteiger partial charge in [-0.25, -0.2) is 0 Å². The summed E-state index contributed by atoms with van der Waals surface area (Å²) in [7, 11) is 0. The van der Waals surface area contributed by atoms with Crippen molar-refractivity contribution in [2.75, 3.05) is 0 Å². The van der Waals surface area contributed by atoms with Gasteiger partial charge in [0.25, 0.3) is 0 Å². The van der Waals surface area contributed by atoms with Gasteiger partial charge in [0, 0.05) is 15.2 Å². The standard InChI is InChI=1S/C31H40S/c1-9-20(5)29-21(6)17-28(32-29)22-13-15-24-25-16-14-23(30(7,8)10-2)19-27(25)31(11-3,12-4)26(24)18-22/h13-20H,9-12H2,1-8H3. The molecule has 0 nitrogen and oxygen atoms in total. The molecule has 0 aliphatic heterocycles. The predicted molar refractivity (Wildman–Crippen MR) is 143 cm³/mol. The lowest BCUT2D eigenvalue weighted by Crippen LogP contribution is -2.24. The highest BCUT2D eigenvalue weighted by Crippen LogP contribution is 2.54. The number of rotatable bonds is 7. The van der Waals surface area contributed by atoms with E-state index in [4.69, 9.17) is 0 Å². The second-order valence-corrected chi connectivity index (χ2v) is 11.6. The van der Waals surface area contributed by atoms with E-state index in [2.05, 4.69) is 97.9 Å². The molecular weight excluding hydrogens is 404 g/mol. The molecule has 2 aromatic carbocycles. The maximum atomic E-state index is 2.54. The van der Waals surface area contributed by atoms with Gasteiger partial charge in [0.2, 0.25) is 0 Å². The quantitative estimate of drug-likeness (QED) is 0.340. The third kappa shape index (κ3) is 3.48. The molecule has 0 amide bonds. The molecule has 1 aromatic heterocycles. The summed E-state index contributed by atoms with van der Waals surface area (Å²) in [6, 6.07) is 17.0. The first-order valence-electron chi connectivity index (χ1n) is 12.6. The SMILES string of the molecule is CCC(C)c1sc(-c2ccc3c(c2)C(CC)(CC)c2cc(C(C)(C)CC)ccc2-3)cc1C. The Bertz CT molecular complexity index is 1120. The van der Waals surface area contributed by atoms with Crippen molar-refractivity contribution in [3.63, 3.8) is 0 Å². The summed E-state index contributed by atoms with van der Waals surface area (Å²) in [5, 5.41) is 0. The van der Waals surface area contributed by atoms with E-state index >= 15 is 0 Å². The largest absolute Gasteiger partial charge is 0.140 e. The molecule has 0 bridgehead atoms. The van der Waals surface area contributed by atoms with Crippen molar-refractivity contribution in [2.45, 2.75) is 97.8 Å². The summed E-state index contributed by atoms with van der Waals surface area (Å²) in [6.45, 7) is 18.7. The molecule has 0 saturated carbocycles. The summed E-state index contributed by atoms with van der Waals surface area (Å²) in [5.74, 6) is 0.637. The van der Waals surface area contributed by atoms with Crippen molar-refractivity contribution in [1.29, 1.82) is 0 Å². The maximum absolute atomic E-state index is 2.54. The monoisotopic (exact) mass is 444 g/mol. The fraction of sp³-hybridized carbons (Fsp3) is 0.484. The molecular formula is C31H40S. The van der Waals surface area contributed by atoms with Crippen LogP contribution in [0.3, 0.4) is 0 Å². The second-order valence-electron chi connectivity index (χ2n) is 10.5. The Kier molecular flexibility index (Phi) is 6.18. The van der Waals surface area contributed by atoms with Gasteiger partial charge >= 0.3 is 0 Å². The van der Waals surface area contributed by atoms with Gasteiger partial charge in [0.15, 0.2) is 0 Å². The Morgan fingerprint density at radius 1 is 0.875 bits per heavy atom. The molecule has 1 heteroatoms. The van der Waals surface area contributed by atoms with E-state index in [0.717, 1.165) is 19.3 Å². The Balaban J connectivity index is 1.87. The zero-order chi connectivity index (χ0) is 23.3. The smallest absolute Gasteiger partial charge is 0.0348 e. The molecule has 0 N–H and O–H groups in total. The van der Waals surface area contributed by atoms with Crippen molar-refractivity contribution >= 4 is 11.3 Å². The first-order chi connectivity index (χ1) is 15.2. The van der Waals surface area contributed by atoms with Crippen LogP contribution in [0.1, 0.15) is 107 Å². The molecule has 0 saturated heterocycles. The minimum Gasteiger partial charge on any atom is -0.140 e. The Labute approximate surface area is 200 Å². The highest BCUT2D eigenvalue weighted by molar-refractivity contribution is 7.15. The Morgan fingerprint density at radius 3 is 2.09 bits per heavy atom. The lowest BCUT2D eigenvalue weighted by Gasteiger charge is -2.32. The van der Waals surface area contributed by atoms with Crippen LogP contribution in [0.15, 0.2) is 42.5 Å². The first kappa shape index (κ1) is 23.3. The molecule has 4 rings (SSSR count). The summed E-state index contributed by atoms with van der Waals surface area (Å²) in [4.78, 5) is 2.97. The number of thiophene rings is 1. The predicted octanol–water partition coefficient (Wildman–Crippen LogP) is 10.0. The fourth-order valence-corrected chi connectivity index (χ4v) is 6.90. The molecule has 1 unspecified atom stereocenters. The van der Waals surface area contributed by atoms with Crippen molar-refractivity contribution in [1.82, 2.24) is 0 Å². The number of benzene rings is 2. The van der Waals surface area contributed by atoms with Crippen LogP contribution in [0.25, 0.3) is 21.6 Å². The van der Waals surface area contributed by atoms with E-state index in [9.17, 15) is 0 Å². The summed E-state index contributed by atoms with van der Waals surface area (Å²) >= 11 is 2.00. The van der Waals surface area contributed by atoms with Crippen molar-refractivity contribution < 1.29 is 0 Å². The zero-order valence-corrected chi connectivity index (χ0v) is 22.2. The third-order valence-corrected chi connectivity index (χ3v) is 10.1. The van der Waals surface area contributed by atoms with Crippen molar-refractivity contribution in [3.8, 4) is 21.6 Å². The minimum absolute atomic E-state index is 0.117. The van der Waals surface area contributed by atoms with Crippen LogP contribution in [0, 0.1) is 6.92 Å². The third-order valence-electron chi connectivity index (χ3n) is 8.53. The average Bonchev–Trinajstić information content (AvgIpc) is 3.33. The van der Waals surface area contributed by atoms with Gasteiger partial charge < -0.3 is 0 Å². The molecule has 32 heavy (non-hydrogen) atoms. The molecule has 170 valence electrons.